The Kier molecular flexibility index (Phi) is 3.46. The van der Waals surface area contributed by atoms with E-state index in [1.165, 1.54) is 0 Å². The minimum atomic E-state index is -0.0447. The molecule has 0 saturated carbocycles. The van der Waals surface area contributed by atoms with Gasteiger partial charge in [0.25, 0.3) is 5.91 Å². The molecule has 0 unspecified atom stereocenters. The van der Waals surface area contributed by atoms with Crippen LogP contribution in [0.25, 0.3) is 0 Å². The maximum absolute atomic E-state index is 11.5. The molecular formula is C12H15NO. The molecule has 0 aliphatic carbocycles. The van der Waals surface area contributed by atoms with Crippen molar-refractivity contribution in [1.29, 1.82) is 0 Å². The highest BCUT2D eigenvalue weighted by Crippen LogP contribution is 2.03. The van der Waals surface area contributed by atoms with Crippen molar-refractivity contribution in [2.75, 3.05) is 6.54 Å². The van der Waals surface area contributed by atoms with Crippen LogP contribution in [0.5, 0.6) is 0 Å². The Bertz CT molecular complexity index is 355. The van der Waals surface area contributed by atoms with E-state index in [9.17, 15) is 4.79 Å². The number of hydrogen-bond donors (Lipinski definition) is 1. The molecule has 1 aromatic carbocycles. The molecule has 74 valence electrons. The predicted molar refractivity (Wildman–Crippen MR) is 58.3 cm³/mol. The number of hydrogen-bond acceptors (Lipinski definition) is 1. The van der Waals surface area contributed by atoms with E-state index in [0.29, 0.717) is 12.1 Å². The lowest BCUT2D eigenvalue weighted by Gasteiger charge is -2.04. The first kappa shape index (κ1) is 10.5. The molecule has 0 atom stereocenters. The largest absolute Gasteiger partial charge is 0.348 e. The third-order valence-corrected chi connectivity index (χ3v) is 1.83. The molecule has 0 saturated heterocycles. The molecule has 0 heterocycles. The monoisotopic (exact) mass is 189 g/mol. The number of benzene rings is 1. The molecule has 0 spiro atoms. The van der Waals surface area contributed by atoms with E-state index in [2.05, 4.69) is 11.9 Å². The molecular weight excluding hydrogens is 174 g/mol. The third-order valence-electron chi connectivity index (χ3n) is 1.83. The van der Waals surface area contributed by atoms with Gasteiger partial charge < -0.3 is 5.32 Å². The summed E-state index contributed by atoms with van der Waals surface area (Å²) >= 11 is 0. The predicted octanol–water partition coefficient (Wildman–Crippen LogP) is 2.30. The number of carbonyl (C=O) groups is 1. The van der Waals surface area contributed by atoms with Crippen LogP contribution in [-0.2, 0) is 0 Å². The molecule has 1 rings (SSSR count). The lowest BCUT2D eigenvalue weighted by molar-refractivity contribution is 0.0957. The Hall–Kier alpha value is -1.57. The van der Waals surface area contributed by atoms with E-state index in [4.69, 9.17) is 0 Å². The zero-order chi connectivity index (χ0) is 10.6. The SMILES string of the molecule is C=C(C)CNC(=O)c1cccc(C)c1. The standard InChI is InChI=1S/C12H15NO/c1-9(2)8-13-12(14)11-6-4-5-10(3)7-11/h4-7H,1,8H2,2-3H3,(H,13,14). The van der Waals surface area contributed by atoms with Crippen LogP contribution in [0.2, 0.25) is 0 Å². The normalized spacial score (nSPS) is 9.57. The van der Waals surface area contributed by atoms with Crippen molar-refractivity contribution in [3.8, 4) is 0 Å². The summed E-state index contributed by atoms with van der Waals surface area (Å²) in [6, 6.07) is 7.52. The summed E-state index contributed by atoms with van der Waals surface area (Å²) in [4.78, 5) is 11.5. The number of aryl methyl sites for hydroxylation is 1. The summed E-state index contributed by atoms with van der Waals surface area (Å²) in [6.07, 6.45) is 0. The van der Waals surface area contributed by atoms with Crippen LogP contribution in [0.4, 0.5) is 0 Å². The Morgan fingerprint density at radius 2 is 2.21 bits per heavy atom. The van der Waals surface area contributed by atoms with Crippen LogP contribution >= 0.6 is 0 Å². The molecule has 1 aromatic rings. The van der Waals surface area contributed by atoms with E-state index >= 15 is 0 Å². The number of rotatable bonds is 3. The summed E-state index contributed by atoms with van der Waals surface area (Å²) in [6.45, 7) is 8.11. The molecule has 0 radical (unpaired) electrons. The molecule has 2 heteroatoms. The minimum absolute atomic E-state index is 0.0447. The molecule has 14 heavy (non-hydrogen) atoms. The average molecular weight is 189 g/mol. The van der Waals surface area contributed by atoms with Crippen LogP contribution < -0.4 is 5.32 Å². The van der Waals surface area contributed by atoms with Gasteiger partial charge in [-0.15, -0.1) is 0 Å². The van der Waals surface area contributed by atoms with Gasteiger partial charge in [-0.05, 0) is 26.0 Å². The summed E-state index contributed by atoms with van der Waals surface area (Å²) in [7, 11) is 0. The fourth-order valence-corrected chi connectivity index (χ4v) is 1.12. The van der Waals surface area contributed by atoms with Crippen molar-refractivity contribution in [2.24, 2.45) is 0 Å². The van der Waals surface area contributed by atoms with Gasteiger partial charge in [0.1, 0.15) is 0 Å². The van der Waals surface area contributed by atoms with Gasteiger partial charge in [0, 0.05) is 12.1 Å². The number of nitrogens with one attached hydrogen (secondary N) is 1. The minimum Gasteiger partial charge on any atom is -0.348 e. The topological polar surface area (TPSA) is 29.1 Å². The Labute approximate surface area is 84.6 Å². The van der Waals surface area contributed by atoms with Crippen LogP contribution in [0.15, 0.2) is 36.4 Å². The summed E-state index contributed by atoms with van der Waals surface area (Å²) in [5.41, 5.74) is 2.74. The highest BCUT2D eigenvalue weighted by atomic mass is 16.1. The lowest BCUT2D eigenvalue weighted by atomic mass is 10.1. The second-order valence-electron chi connectivity index (χ2n) is 3.51. The zero-order valence-corrected chi connectivity index (χ0v) is 8.63. The summed E-state index contributed by atoms with van der Waals surface area (Å²) < 4.78 is 0. The van der Waals surface area contributed by atoms with Crippen molar-refractivity contribution in [3.63, 3.8) is 0 Å². The van der Waals surface area contributed by atoms with Gasteiger partial charge in [-0.25, -0.2) is 0 Å². The second-order valence-corrected chi connectivity index (χ2v) is 3.51. The molecule has 0 aliphatic heterocycles. The van der Waals surface area contributed by atoms with Crippen LogP contribution in [0, 0.1) is 6.92 Å². The Balaban J connectivity index is 2.65. The smallest absolute Gasteiger partial charge is 0.251 e. The highest BCUT2D eigenvalue weighted by Gasteiger charge is 2.03. The fourth-order valence-electron chi connectivity index (χ4n) is 1.12. The first-order valence-corrected chi connectivity index (χ1v) is 4.59. The van der Waals surface area contributed by atoms with Crippen molar-refractivity contribution >= 4 is 5.91 Å². The molecule has 1 amide bonds. The summed E-state index contributed by atoms with van der Waals surface area (Å²) in [5.74, 6) is -0.0447. The van der Waals surface area contributed by atoms with Gasteiger partial charge in [0.05, 0.1) is 0 Å². The highest BCUT2D eigenvalue weighted by molar-refractivity contribution is 5.94. The third kappa shape index (κ3) is 3.05. The quantitative estimate of drug-likeness (QED) is 0.726. The van der Waals surface area contributed by atoms with E-state index in [-0.39, 0.29) is 5.91 Å². The van der Waals surface area contributed by atoms with Crippen molar-refractivity contribution in [3.05, 3.63) is 47.5 Å². The fraction of sp³-hybridized carbons (Fsp3) is 0.250. The maximum Gasteiger partial charge on any atom is 0.251 e. The zero-order valence-electron chi connectivity index (χ0n) is 8.63. The molecule has 0 bridgehead atoms. The first-order chi connectivity index (χ1) is 6.59. The molecule has 0 aromatic heterocycles. The second kappa shape index (κ2) is 4.61. The van der Waals surface area contributed by atoms with E-state index in [1.54, 1.807) is 6.07 Å². The molecule has 2 nitrogen and oxygen atoms in total. The molecule has 0 fully saturated rings. The van der Waals surface area contributed by atoms with E-state index < -0.39 is 0 Å². The molecule has 0 aliphatic rings. The average Bonchev–Trinajstić information content (AvgIpc) is 2.14. The van der Waals surface area contributed by atoms with Crippen molar-refractivity contribution < 1.29 is 4.79 Å². The van der Waals surface area contributed by atoms with Crippen molar-refractivity contribution in [2.45, 2.75) is 13.8 Å². The number of carbonyl (C=O) groups excluding carboxylic acids is 1. The van der Waals surface area contributed by atoms with Gasteiger partial charge >= 0.3 is 0 Å². The van der Waals surface area contributed by atoms with Gasteiger partial charge in [-0.1, -0.05) is 29.8 Å². The maximum atomic E-state index is 11.5. The van der Waals surface area contributed by atoms with Crippen molar-refractivity contribution in [1.82, 2.24) is 5.32 Å². The van der Waals surface area contributed by atoms with Gasteiger partial charge in [0.2, 0.25) is 0 Å². The first-order valence-electron chi connectivity index (χ1n) is 4.59. The molecule has 1 N–H and O–H groups in total. The Morgan fingerprint density at radius 1 is 1.50 bits per heavy atom. The van der Waals surface area contributed by atoms with E-state index in [0.717, 1.165) is 11.1 Å². The lowest BCUT2D eigenvalue weighted by Crippen LogP contribution is -2.24. The Morgan fingerprint density at radius 3 is 2.79 bits per heavy atom. The van der Waals surface area contributed by atoms with Gasteiger partial charge in [-0.2, -0.15) is 0 Å². The van der Waals surface area contributed by atoms with E-state index in [1.807, 2.05) is 32.0 Å². The van der Waals surface area contributed by atoms with Crippen LogP contribution in [0.1, 0.15) is 22.8 Å². The number of amides is 1. The van der Waals surface area contributed by atoms with Crippen LogP contribution in [0.3, 0.4) is 0 Å². The van der Waals surface area contributed by atoms with Gasteiger partial charge in [0.15, 0.2) is 0 Å². The summed E-state index contributed by atoms with van der Waals surface area (Å²) in [5, 5.41) is 2.79. The van der Waals surface area contributed by atoms with Crippen LogP contribution in [-0.4, -0.2) is 12.5 Å². The van der Waals surface area contributed by atoms with Gasteiger partial charge in [-0.3, -0.25) is 4.79 Å².